The SMILES string of the molecule is NS(=O)(=O)c1ccc(-n2cc(-c3ccc(Cl)cc3)c3c(N/N=C/c4ccc([N+](=O)[O-])cc4)ncnc32)cc1. The second-order valence-corrected chi connectivity index (χ2v) is 10.1. The van der Waals surface area contributed by atoms with E-state index in [1.807, 2.05) is 18.3 Å². The Balaban J connectivity index is 1.58. The van der Waals surface area contributed by atoms with Crippen molar-refractivity contribution in [3.05, 3.63) is 106 Å². The summed E-state index contributed by atoms with van der Waals surface area (Å²) in [6.45, 7) is 0. The van der Waals surface area contributed by atoms with Crippen molar-refractivity contribution in [2.24, 2.45) is 10.2 Å². The van der Waals surface area contributed by atoms with Gasteiger partial charge in [-0.2, -0.15) is 5.10 Å². The lowest BCUT2D eigenvalue weighted by molar-refractivity contribution is -0.384. The highest BCUT2D eigenvalue weighted by Gasteiger charge is 2.18. The standard InChI is InChI=1S/C25H18ClN7O4S/c26-18-5-3-17(4-6-18)22-14-32(19-9-11-21(12-10-19)38(27,36)37)25-23(22)24(28-15-29-25)31-30-13-16-1-7-20(8-2-16)33(34)35/h1-15H,(H2,27,36,37)(H,28,29,31)/b30-13+. The Bertz CT molecular complexity index is 1790. The highest BCUT2D eigenvalue weighted by Crippen LogP contribution is 2.36. The van der Waals surface area contributed by atoms with Gasteiger partial charge in [0.2, 0.25) is 10.0 Å². The van der Waals surface area contributed by atoms with Gasteiger partial charge in [-0.25, -0.2) is 23.5 Å². The lowest BCUT2D eigenvalue weighted by Crippen LogP contribution is -2.12. The summed E-state index contributed by atoms with van der Waals surface area (Å²) in [5.74, 6) is 0.415. The average molecular weight is 548 g/mol. The zero-order chi connectivity index (χ0) is 26.9. The normalized spacial score (nSPS) is 11.7. The molecule has 5 aromatic rings. The van der Waals surface area contributed by atoms with E-state index in [4.69, 9.17) is 16.7 Å². The second-order valence-electron chi connectivity index (χ2n) is 8.10. The molecular formula is C25H18ClN7O4S. The van der Waals surface area contributed by atoms with Crippen LogP contribution < -0.4 is 10.6 Å². The van der Waals surface area contributed by atoms with E-state index in [-0.39, 0.29) is 10.6 Å². The van der Waals surface area contributed by atoms with Gasteiger partial charge in [0.05, 0.1) is 21.4 Å². The number of fused-ring (bicyclic) bond motifs is 1. The first-order chi connectivity index (χ1) is 18.2. The number of nitro benzene ring substituents is 1. The molecule has 13 heteroatoms. The van der Waals surface area contributed by atoms with Crippen LogP contribution in [-0.2, 0) is 10.0 Å². The van der Waals surface area contributed by atoms with Crippen LogP contribution in [0, 0.1) is 10.1 Å². The van der Waals surface area contributed by atoms with Crippen LogP contribution >= 0.6 is 11.6 Å². The summed E-state index contributed by atoms with van der Waals surface area (Å²) in [4.78, 5) is 19.2. The molecule has 5 rings (SSSR count). The second kappa shape index (κ2) is 10.0. The monoisotopic (exact) mass is 547 g/mol. The molecule has 2 aromatic heterocycles. The van der Waals surface area contributed by atoms with Gasteiger partial charge in [-0.15, -0.1) is 0 Å². The van der Waals surface area contributed by atoms with Crippen molar-refractivity contribution < 1.29 is 13.3 Å². The number of aromatic nitrogens is 3. The fraction of sp³-hybridized carbons (Fsp3) is 0. The van der Waals surface area contributed by atoms with Gasteiger partial charge in [0.25, 0.3) is 5.69 Å². The number of hydrazone groups is 1. The van der Waals surface area contributed by atoms with E-state index in [0.29, 0.717) is 33.1 Å². The van der Waals surface area contributed by atoms with Crippen molar-refractivity contribution in [1.82, 2.24) is 14.5 Å². The van der Waals surface area contributed by atoms with E-state index in [9.17, 15) is 18.5 Å². The number of primary sulfonamides is 1. The van der Waals surface area contributed by atoms with Crippen molar-refractivity contribution in [3.63, 3.8) is 0 Å². The molecule has 0 fully saturated rings. The molecule has 0 bridgehead atoms. The summed E-state index contributed by atoms with van der Waals surface area (Å²) in [7, 11) is -3.84. The average Bonchev–Trinajstić information content (AvgIpc) is 3.29. The number of halogens is 1. The Morgan fingerprint density at radius 1 is 1.00 bits per heavy atom. The van der Waals surface area contributed by atoms with Crippen molar-refractivity contribution in [3.8, 4) is 16.8 Å². The van der Waals surface area contributed by atoms with Gasteiger partial charge in [-0.3, -0.25) is 15.5 Å². The Kier molecular flexibility index (Phi) is 6.59. The molecule has 2 heterocycles. The van der Waals surface area contributed by atoms with Gasteiger partial charge < -0.3 is 4.57 Å². The highest BCUT2D eigenvalue weighted by molar-refractivity contribution is 7.89. The van der Waals surface area contributed by atoms with E-state index in [2.05, 4.69) is 20.5 Å². The van der Waals surface area contributed by atoms with E-state index in [1.165, 1.54) is 36.8 Å². The summed E-state index contributed by atoms with van der Waals surface area (Å²) >= 11 is 6.10. The topological polar surface area (TPSA) is 158 Å². The number of nitro groups is 1. The Morgan fingerprint density at radius 3 is 2.32 bits per heavy atom. The zero-order valence-corrected chi connectivity index (χ0v) is 21.0. The molecule has 0 unspecified atom stereocenters. The number of rotatable bonds is 7. The number of hydrogen-bond donors (Lipinski definition) is 2. The Morgan fingerprint density at radius 2 is 1.68 bits per heavy atom. The summed E-state index contributed by atoms with van der Waals surface area (Å²) in [6.07, 6.45) is 4.76. The van der Waals surface area contributed by atoms with Crippen molar-refractivity contribution in [1.29, 1.82) is 0 Å². The number of sulfonamides is 1. The van der Waals surface area contributed by atoms with Crippen LogP contribution in [0.5, 0.6) is 0 Å². The van der Waals surface area contributed by atoms with Crippen LogP contribution in [0.4, 0.5) is 11.5 Å². The molecule has 0 spiro atoms. The molecule has 0 atom stereocenters. The van der Waals surface area contributed by atoms with Crippen LogP contribution in [0.1, 0.15) is 5.56 Å². The number of nitrogens with one attached hydrogen (secondary N) is 1. The molecule has 3 N–H and O–H groups in total. The van der Waals surface area contributed by atoms with Crippen LogP contribution in [0.2, 0.25) is 5.02 Å². The van der Waals surface area contributed by atoms with E-state index in [1.54, 1.807) is 41.0 Å². The maximum Gasteiger partial charge on any atom is 0.269 e. The van der Waals surface area contributed by atoms with E-state index in [0.717, 1.165) is 11.1 Å². The predicted molar refractivity (Wildman–Crippen MR) is 145 cm³/mol. The first-order valence-electron chi connectivity index (χ1n) is 11.0. The Hall–Kier alpha value is -4.65. The number of hydrogen-bond acceptors (Lipinski definition) is 8. The fourth-order valence-corrected chi connectivity index (χ4v) is 4.48. The minimum atomic E-state index is -3.84. The first kappa shape index (κ1) is 25.0. The third-order valence-electron chi connectivity index (χ3n) is 5.67. The lowest BCUT2D eigenvalue weighted by Gasteiger charge is -2.07. The maximum atomic E-state index is 11.7. The van der Waals surface area contributed by atoms with Gasteiger partial charge in [-0.05, 0) is 59.7 Å². The number of nitrogens with two attached hydrogens (primary N) is 1. The number of anilines is 1. The molecule has 0 saturated carbocycles. The maximum absolute atomic E-state index is 11.7. The summed E-state index contributed by atoms with van der Waals surface area (Å²) in [5.41, 5.74) is 6.39. The van der Waals surface area contributed by atoms with Gasteiger partial charge in [0.1, 0.15) is 6.33 Å². The summed E-state index contributed by atoms with van der Waals surface area (Å²) in [5, 5.41) is 21.6. The smallest absolute Gasteiger partial charge is 0.269 e. The molecule has 0 amide bonds. The molecule has 190 valence electrons. The molecule has 38 heavy (non-hydrogen) atoms. The third-order valence-corrected chi connectivity index (χ3v) is 6.85. The zero-order valence-electron chi connectivity index (χ0n) is 19.4. The molecule has 0 saturated heterocycles. The molecule has 0 aliphatic heterocycles. The molecule has 3 aromatic carbocycles. The minimum Gasteiger partial charge on any atom is -0.301 e. The number of non-ortho nitro benzene ring substituents is 1. The van der Waals surface area contributed by atoms with E-state index >= 15 is 0 Å². The number of nitrogens with zero attached hydrogens (tertiary/aromatic N) is 5. The number of benzene rings is 3. The van der Waals surface area contributed by atoms with Gasteiger partial charge >= 0.3 is 0 Å². The molecular weight excluding hydrogens is 530 g/mol. The summed E-state index contributed by atoms with van der Waals surface area (Å²) < 4.78 is 25.2. The predicted octanol–water partition coefficient (Wildman–Crippen LogP) is 4.74. The minimum absolute atomic E-state index is 0.00630. The lowest BCUT2D eigenvalue weighted by atomic mass is 10.1. The van der Waals surface area contributed by atoms with Gasteiger partial charge in [0.15, 0.2) is 11.5 Å². The van der Waals surface area contributed by atoms with E-state index < -0.39 is 14.9 Å². The van der Waals surface area contributed by atoms with Crippen LogP contribution in [0.25, 0.3) is 27.8 Å². The highest BCUT2D eigenvalue weighted by atomic mass is 35.5. The summed E-state index contributed by atoms with van der Waals surface area (Å²) in [6, 6.07) is 19.3. The first-order valence-corrected chi connectivity index (χ1v) is 12.9. The van der Waals surface area contributed by atoms with Gasteiger partial charge in [-0.1, -0.05) is 23.7 Å². The quantitative estimate of drug-likeness (QED) is 0.169. The molecule has 0 aliphatic carbocycles. The van der Waals surface area contributed by atoms with Crippen molar-refractivity contribution >= 4 is 50.4 Å². The molecule has 0 aliphatic rings. The van der Waals surface area contributed by atoms with Gasteiger partial charge in [0, 0.05) is 34.6 Å². The van der Waals surface area contributed by atoms with Crippen LogP contribution in [0.3, 0.4) is 0 Å². The Labute approximate surface area is 221 Å². The van der Waals surface area contributed by atoms with Crippen LogP contribution in [0.15, 0.2) is 95.3 Å². The molecule has 11 nitrogen and oxygen atoms in total. The van der Waals surface area contributed by atoms with Crippen molar-refractivity contribution in [2.75, 3.05) is 5.43 Å². The third kappa shape index (κ3) is 5.09. The van der Waals surface area contributed by atoms with Crippen LogP contribution in [-0.4, -0.2) is 34.1 Å². The van der Waals surface area contributed by atoms with Crippen molar-refractivity contribution in [2.45, 2.75) is 4.90 Å². The largest absolute Gasteiger partial charge is 0.301 e. The molecule has 0 radical (unpaired) electrons. The fourth-order valence-electron chi connectivity index (χ4n) is 3.84.